The van der Waals surface area contributed by atoms with Crippen LogP contribution in [-0.2, 0) is 14.4 Å². The number of benzene rings is 2. The molecule has 4 rings (SSSR count). The van der Waals surface area contributed by atoms with Crippen molar-refractivity contribution in [1.82, 2.24) is 5.06 Å². The molecule has 0 N–H and O–H groups in total. The first kappa shape index (κ1) is 15.5. The molecule has 6 heteroatoms. The maximum absolute atomic E-state index is 13.0. The summed E-state index contributed by atoms with van der Waals surface area (Å²) in [6.45, 7) is 0. The van der Waals surface area contributed by atoms with Crippen LogP contribution in [0.15, 0.2) is 59.1 Å². The number of hydroxylamine groups is 2. The Kier molecular flexibility index (Phi) is 3.75. The summed E-state index contributed by atoms with van der Waals surface area (Å²) < 4.78 is 0.925. The summed E-state index contributed by atoms with van der Waals surface area (Å²) in [5, 5.41) is 1.62. The Labute approximate surface area is 147 Å². The van der Waals surface area contributed by atoms with Gasteiger partial charge in [-0.3, -0.25) is 14.4 Å². The van der Waals surface area contributed by atoms with Crippen molar-refractivity contribution < 1.29 is 14.4 Å². The van der Waals surface area contributed by atoms with Crippen LogP contribution < -0.4 is 4.90 Å². The van der Waals surface area contributed by atoms with Crippen LogP contribution in [0.3, 0.4) is 0 Å². The minimum Gasteiger partial charge on any atom is -0.284 e. The Morgan fingerprint density at radius 2 is 1.75 bits per heavy atom. The second-order valence-corrected chi connectivity index (χ2v) is 6.86. The van der Waals surface area contributed by atoms with E-state index in [9.17, 15) is 9.59 Å². The third-order valence-corrected chi connectivity index (χ3v) is 5.01. The lowest BCUT2D eigenvalue weighted by molar-refractivity contribution is -0.160. The zero-order valence-corrected chi connectivity index (χ0v) is 14.5. The molecule has 0 saturated carbocycles. The van der Waals surface area contributed by atoms with Gasteiger partial charge in [-0.25, -0.2) is 4.90 Å². The van der Waals surface area contributed by atoms with Crippen LogP contribution in [0.25, 0.3) is 0 Å². The van der Waals surface area contributed by atoms with E-state index in [4.69, 9.17) is 4.84 Å². The van der Waals surface area contributed by atoms with E-state index in [1.54, 1.807) is 24.2 Å². The van der Waals surface area contributed by atoms with Crippen molar-refractivity contribution in [2.24, 2.45) is 5.92 Å². The van der Waals surface area contributed by atoms with Crippen molar-refractivity contribution >= 4 is 33.4 Å². The van der Waals surface area contributed by atoms with Gasteiger partial charge in [0, 0.05) is 11.5 Å². The predicted octanol–water partition coefficient (Wildman–Crippen LogP) is 2.93. The van der Waals surface area contributed by atoms with Gasteiger partial charge in [-0.05, 0) is 29.8 Å². The smallest absolute Gasteiger partial charge is 0.265 e. The van der Waals surface area contributed by atoms with E-state index in [-0.39, 0.29) is 17.9 Å². The van der Waals surface area contributed by atoms with Crippen molar-refractivity contribution in [2.75, 3.05) is 11.9 Å². The van der Waals surface area contributed by atoms with Gasteiger partial charge in [0.05, 0.1) is 17.6 Å². The number of hydrogen-bond donors (Lipinski definition) is 0. The van der Waals surface area contributed by atoms with Crippen LogP contribution in [0.4, 0.5) is 5.69 Å². The van der Waals surface area contributed by atoms with Gasteiger partial charge in [0.1, 0.15) is 0 Å². The second kappa shape index (κ2) is 5.81. The highest BCUT2D eigenvalue weighted by atomic mass is 79.9. The summed E-state index contributed by atoms with van der Waals surface area (Å²) >= 11 is 3.46. The largest absolute Gasteiger partial charge is 0.284 e. The van der Waals surface area contributed by atoms with Crippen molar-refractivity contribution in [2.45, 2.75) is 12.1 Å². The molecule has 0 spiro atoms. The maximum atomic E-state index is 13.0. The zero-order valence-electron chi connectivity index (χ0n) is 12.9. The summed E-state index contributed by atoms with van der Waals surface area (Å²) in [6.07, 6.45) is -0.772. The van der Waals surface area contributed by atoms with E-state index in [0.717, 1.165) is 10.0 Å². The Morgan fingerprint density at radius 1 is 1.00 bits per heavy atom. The van der Waals surface area contributed by atoms with Gasteiger partial charge in [0.15, 0.2) is 6.10 Å². The monoisotopic (exact) mass is 386 g/mol. The molecule has 2 aliphatic heterocycles. The summed E-state index contributed by atoms with van der Waals surface area (Å²) in [6, 6.07) is 16.4. The van der Waals surface area contributed by atoms with Gasteiger partial charge in [-0.2, -0.15) is 5.06 Å². The first-order chi connectivity index (χ1) is 11.6. The number of nitrogens with zero attached hydrogens (tertiary/aromatic N) is 2. The molecule has 2 aliphatic rings. The molecule has 0 radical (unpaired) electrons. The number of fused-ring (bicyclic) bond motifs is 1. The lowest BCUT2D eigenvalue weighted by Crippen LogP contribution is -2.36. The topological polar surface area (TPSA) is 49.9 Å². The fraction of sp³-hybridized carbons (Fsp3) is 0.222. The fourth-order valence-electron chi connectivity index (χ4n) is 3.49. The average Bonchev–Trinajstić information content (AvgIpc) is 3.03. The van der Waals surface area contributed by atoms with Crippen LogP contribution in [0, 0.1) is 5.92 Å². The molecular formula is C18H15BrN2O3. The third-order valence-electron chi connectivity index (χ3n) is 4.51. The minimum absolute atomic E-state index is 0.217. The number of carbonyl (C=O) groups is 2. The highest BCUT2D eigenvalue weighted by Gasteiger charge is 2.59. The molecule has 2 aromatic carbocycles. The molecule has 5 nitrogen and oxygen atoms in total. The van der Waals surface area contributed by atoms with Crippen LogP contribution in [-0.4, -0.2) is 30.0 Å². The number of para-hydroxylation sites is 1. The Bertz CT molecular complexity index is 811. The van der Waals surface area contributed by atoms with Crippen molar-refractivity contribution in [3.05, 3.63) is 64.6 Å². The normalized spacial score (nSPS) is 26.9. The Hall–Kier alpha value is -2.02. The molecule has 122 valence electrons. The molecule has 2 fully saturated rings. The van der Waals surface area contributed by atoms with E-state index in [1.165, 1.54) is 4.90 Å². The van der Waals surface area contributed by atoms with E-state index in [1.807, 2.05) is 42.5 Å². The van der Waals surface area contributed by atoms with E-state index in [2.05, 4.69) is 15.9 Å². The van der Waals surface area contributed by atoms with Crippen molar-refractivity contribution in [3.8, 4) is 0 Å². The minimum atomic E-state index is -0.772. The average molecular weight is 387 g/mol. The summed E-state index contributed by atoms with van der Waals surface area (Å²) in [7, 11) is 1.76. The van der Waals surface area contributed by atoms with Gasteiger partial charge < -0.3 is 0 Å². The van der Waals surface area contributed by atoms with Gasteiger partial charge >= 0.3 is 0 Å². The first-order valence-corrected chi connectivity index (χ1v) is 8.45. The summed E-state index contributed by atoms with van der Waals surface area (Å²) in [5.74, 6) is -1.07. The zero-order chi connectivity index (χ0) is 16.8. The van der Waals surface area contributed by atoms with Gasteiger partial charge in [0.2, 0.25) is 5.91 Å². The Balaban J connectivity index is 1.74. The highest BCUT2D eigenvalue weighted by Crippen LogP contribution is 2.45. The molecule has 3 atom stereocenters. The first-order valence-electron chi connectivity index (χ1n) is 7.66. The standard InChI is InChI=1S/C18H15BrN2O3/c1-20-15(11-6-5-7-12(19)10-11)14-16(24-20)18(23)21(17(14)22)13-8-3-2-4-9-13/h2-10,14-16H,1H3/t14-,15-,16+/m0/s1. The molecule has 2 amide bonds. The van der Waals surface area contributed by atoms with Crippen LogP contribution >= 0.6 is 15.9 Å². The van der Waals surface area contributed by atoms with E-state index in [0.29, 0.717) is 5.69 Å². The molecule has 0 unspecified atom stereocenters. The maximum Gasteiger partial charge on any atom is 0.265 e. The molecule has 2 aromatic rings. The van der Waals surface area contributed by atoms with Gasteiger partial charge in [-0.1, -0.05) is 46.3 Å². The predicted molar refractivity (Wildman–Crippen MR) is 91.9 cm³/mol. The van der Waals surface area contributed by atoms with Crippen LogP contribution in [0.2, 0.25) is 0 Å². The lowest BCUT2D eigenvalue weighted by Gasteiger charge is -2.24. The third kappa shape index (κ3) is 2.30. The van der Waals surface area contributed by atoms with Crippen LogP contribution in [0.1, 0.15) is 11.6 Å². The SMILES string of the molecule is CN1O[C@H]2C(=O)N(c3ccccc3)C(=O)[C@H]2[C@@H]1c1cccc(Br)c1. The van der Waals surface area contributed by atoms with Crippen molar-refractivity contribution in [3.63, 3.8) is 0 Å². The van der Waals surface area contributed by atoms with E-state index >= 15 is 0 Å². The number of halogens is 1. The van der Waals surface area contributed by atoms with Gasteiger partial charge in [0.25, 0.3) is 5.91 Å². The number of imide groups is 1. The van der Waals surface area contributed by atoms with E-state index < -0.39 is 12.0 Å². The van der Waals surface area contributed by atoms with Crippen molar-refractivity contribution in [1.29, 1.82) is 0 Å². The molecule has 24 heavy (non-hydrogen) atoms. The molecule has 0 bridgehead atoms. The molecule has 2 saturated heterocycles. The number of hydrogen-bond acceptors (Lipinski definition) is 4. The number of carbonyl (C=O) groups excluding carboxylic acids is 2. The molecular weight excluding hydrogens is 372 g/mol. The molecule has 0 aliphatic carbocycles. The number of anilines is 1. The Morgan fingerprint density at radius 3 is 2.46 bits per heavy atom. The highest BCUT2D eigenvalue weighted by molar-refractivity contribution is 9.10. The molecule has 2 heterocycles. The quantitative estimate of drug-likeness (QED) is 0.744. The van der Waals surface area contributed by atoms with Crippen LogP contribution in [0.5, 0.6) is 0 Å². The number of rotatable bonds is 2. The molecule has 0 aromatic heterocycles. The van der Waals surface area contributed by atoms with Gasteiger partial charge in [-0.15, -0.1) is 0 Å². The summed E-state index contributed by atoms with van der Waals surface area (Å²) in [4.78, 5) is 32.7. The summed E-state index contributed by atoms with van der Waals surface area (Å²) in [5.41, 5.74) is 1.52. The number of amides is 2. The fourth-order valence-corrected chi connectivity index (χ4v) is 3.91. The second-order valence-electron chi connectivity index (χ2n) is 5.95. The lowest BCUT2D eigenvalue weighted by atomic mass is 9.91.